The molecule has 0 aliphatic rings. The van der Waals surface area contributed by atoms with E-state index in [-0.39, 0.29) is 28.9 Å². The fourth-order valence-corrected chi connectivity index (χ4v) is 3.68. The zero-order valence-corrected chi connectivity index (χ0v) is 19.1. The molecule has 2 heterocycles. The number of rotatable bonds is 8. The Balaban J connectivity index is 1.60. The van der Waals surface area contributed by atoms with Gasteiger partial charge in [-0.2, -0.15) is 0 Å². The van der Waals surface area contributed by atoms with Crippen molar-refractivity contribution in [1.29, 1.82) is 0 Å². The number of hydrogen-bond acceptors (Lipinski definition) is 7. The van der Waals surface area contributed by atoms with E-state index >= 15 is 0 Å². The van der Waals surface area contributed by atoms with Crippen molar-refractivity contribution >= 4 is 23.1 Å². The molecule has 10 heteroatoms. The van der Waals surface area contributed by atoms with Crippen LogP contribution in [0, 0.1) is 10.1 Å². The number of benzene rings is 2. The molecule has 1 N–H and O–H groups in total. The normalized spacial score (nSPS) is 10.6. The van der Waals surface area contributed by atoms with Gasteiger partial charge in [0.15, 0.2) is 5.78 Å². The van der Waals surface area contributed by atoms with Crippen LogP contribution in [0.3, 0.4) is 0 Å². The first-order chi connectivity index (χ1) is 16.9. The summed E-state index contributed by atoms with van der Waals surface area (Å²) in [5.41, 5.74) is 1.40. The Bertz CT molecular complexity index is 1400. The summed E-state index contributed by atoms with van der Waals surface area (Å²) in [6.45, 7) is 0.172. The third-order valence-electron chi connectivity index (χ3n) is 5.39. The predicted molar refractivity (Wildman–Crippen MR) is 130 cm³/mol. The van der Waals surface area contributed by atoms with E-state index < -0.39 is 16.6 Å². The van der Waals surface area contributed by atoms with Crippen molar-refractivity contribution in [3.05, 3.63) is 112 Å². The number of carbonyl (C=O) groups is 2. The van der Waals surface area contributed by atoms with Crippen LogP contribution in [0.15, 0.2) is 79.5 Å². The minimum absolute atomic E-state index is 0.122. The first-order valence-electron chi connectivity index (χ1n) is 10.7. The van der Waals surface area contributed by atoms with Gasteiger partial charge in [0.2, 0.25) is 0 Å². The monoisotopic (exact) mass is 470 g/mol. The molecule has 0 spiro atoms. The number of anilines is 1. The second-order valence-corrected chi connectivity index (χ2v) is 7.87. The number of nitrogens with one attached hydrogen (secondary N) is 1. The minimum atomic E-state index is -0.531. The Morgan fingerprint density at radius 1 is 1.06 bits per heavy atom. The van der Waals surface area contributed by atoms with Gasteiger partial charge in [-0.3, -0.25) is 24.3 Å². The van der Waals surface area contributed by atoms with Crippen molar-refractivity contribution in [2.75, 3.05) is 19.0 Å². The zero-order valence-electron chi connectivity index (χ0n) is 19.1. The van der Waals surface area contributed by atoms with Gasteiger partial charge in [0.1, 0.15) is 17.8 Å². The van der Waals surface area contributed by atoms with Crippen LogP contribution in [0.4, 0.5) is 11.4 Å². The van der Waals surface area contributed by atoms with Gasteiger partial charge in [-0.25, -0.2) is 9.97 Å². The van der Waals surface area contributed by atoms with Crippen molar-refractivity contribution < 1.29 is 14.5 Å². The third-order valence-corrected chi connectivity index (χ3v) is 5.39. The van der Waals surface area contributed by atoms with Gasteiger partial charge in [-0.1, -0.05) is 24.3 Å². The molecular weight excluding hydrogens is 448 g/mol. The molecule has 0 aliphatic heterocycles. The number of amides is 1. The number of nitrogens with zero attached hydrogens (tertiary/aromatic N) is 5. The second kappa shape index (κ2) is 9.96. The average molecular weight is 470 g/mol. The Hall–Kier alpha value is -4.86. The summed E-state index contributed by atoms with van der Waals surface area (Å²) in [5.74, 6) is -0.304. The lowest BCUT2D eigenvalue weighted by molar-refractivity contribution is -0.384. The van der Waals surface area contributed by atoms with E-state index in [0.29, 0.717) is 11.5 Å². The lowest BCUT2D eigenvalue weighted by Crippen LogP contribution is -2.25. The number of aromatic nitrogens is 3. The van der Waals surface area contributed by atoms with Crippen molar-refractivity contribution in [3.63, 3.8) is 0 Å². The molecule has 0 fully saturated rings. The summed E-state index contributed by atoms with van der Waals surface area (Å²) in [6, 6.07) is 14.3. The van der Waals surface area contributed by atoms with E-state index in [1.54, 1.807) is 72.7 Å². The summed E-state index contributed by atoms with van der Waals surface area (Å²) in [6.07, 6.45) is 6.65. The lowest BCUT2D eigenvalue weighted by atomic mass is 9.97. The molecule has 0 radical (unpaired) electrons. The van der Waals surface area contributed by atoms with E-state index in [1.807, 2.05) is 6.07 Å². The molecule has 1 amide bonds. The number of nitro benzene ring substituents is 1. The van der Waals surface area contributed by atoms with Crippen LogP contribution in [-0.2, 0) is 6.54 Å². The van der Waals surface area contributed by atoms with Gasteiger partial charge in [-0.05, 0) is 24.3 Å². The van der Waals surface area contributed by atoms with Gasteiger partial charge in [-0.15, -0.1) is 0 Å². The SMILES string of the molecule is CN(C)c1ccc(C(=O)c2ccccc2C(=O)NCc2cccnc2-n2ccnc2)cc1[N+](=O)[O-]. The van der Waals surface area contributed by atoms with Crippen LogP contribution in [0.5, 0.6) is 0 Å². The fourth-order valence-electron chi connectivity index (χ4n) is 3.68. The van der Waals surface area contributed by atoms with Crippen LogP contribution >= 0.6 is 0 Å². The highest BCUT2D eigenvalue weighted by molar-refractivity contribution is 6.15. The van der Waals surface area contributed by atoms with Gasteiger partial charge in [0.25, 0.3) is 11.6 Å². The molecule has 4 rings (SSSR count). The van der Waals surface area contributed by atoms with E-state index in [2.05, 4.69) is 15.3 Å². The molecule has 10 nitrogen and oxygen atoms in total. The van der Waals surface area contributed by atoms with E-state index in [1.165, 1.54) is 24.3 Å². The van der Waals surface area contributed by atoms with Gasteiger partial charge >= 0.3 is 0 Å². The molecule has 176 valence electrons. The average Bonchev–Trinajstić information content (AvgIpc) is 3.41. The molecule has 35 heavy (non-hydrogen) atoms. The quantitative estimate of drug-likeness (QED) is 0.238. The summed E-state index contributed by atoms with van der Waals surface area (Å²) < 4.78 is 1.74. The number of ketones is 1. The van der Waals surface area contributed by atoms with Crippen molar-refractivity contribution in [2.45, 2.75) is 6.54 Å². The molecule has 2 aromatic carbocycles. The number of pyridine rings is 1. The van der Waals surface area contributed by atoms with Crippen LogP contribution in [-0.4, -0.2) is 45.2 Å². The Kier molecular flexibility index (Phi) is 6.63. The number of imidazole rings is 1. The molecular formula is C25H22N6O4. The summed E-state index contributed by atoms with van der Waals surface area (Å²) in [4.78, 5) is 47.3. The summed E-state index contributed by atoms with van der Waals surface area (Å²) in [7, 11) is 3.37. The Morgan fingerprint density at radius 3 is 2.51 bits per heavy atom. The second-order valence-electron chi connectivity index (χ2n) is 7.87. The van der Waals surface area contributed by atoms with Gasteiger partial charge in [0.05, 0.1) is 10.5 Å². The maximum Gasteiger partial charge on any atom is 0.293 e. The first kappa shape index (κ1) is 23.3. The van der Waals surface area contributed by atoms with Crippen molar-refractivity contribution in [1.82, 2.24) is 19.9 Å². The number of hydrogen-bond donors (Lipinski definition) is 1. The molecule has 2 aromatic heterocycles. The van der Waals surface area contributed by atoms with Crippen LogP contribution in [0.25, 0.3) is 5.82 Å². The maximum atomic E-state index is 13.3. The first-order valence-corrected chi connectivity index (χ1v) is 10.7. The summed E-state index contributed by atoms with van der Waals surface area (Å²) >= 11 is 0. The zero-order chi connectivity index (χ0) is 24.9. The number of carbonyl (C=O) groups excluding carboxylic acids is 2. The highest BCUT2D eigenvalue weighted by Crippen LogP contribution is 2.29. The predicted octanol–water partition coefficient (Wildman–Crippen LogP) is 3.40. The number of nitro groups is 1. The smallest absolute Gasteiger partial charge is 0.293 e. The van der Waals surface area contributed by atoms with E-state index in [0.717, 1.165) is 5.56 Å². The van der Waals surface area contributed by atoms with Crippen LogP contribution < -0.4 is 10.2 Å². The van der Waals surface area contributed by atoms with Crippen LogP contribution in [0.2, 0.25) is 0 Å². The molecule has 0 aliphatic carbocycles. The lowest BCUT2D eigenvalue weighted by Gasteiger charge is -2.14. The Labute approximate surface area is 201 Å². The van der Waals surface area contributed by atoms with E-state index in [9.17, 15) is 19.7 Å². The molecule has 0 saturated heterocycles. The minimum Gasteiger partial charge on any atom is -0.372 e. The fraction of sp³-hybridized carbons (Fsp3) is 0.120. The van der Waals surface area contributed by atoms with Crippen molar-refractivity contribution in [3.8, 4) is 5.82 Å². The Morgan fingerprint density at radius 2 is 1.83 bits per heavy atom. The van der Waals surface area contributed by atoms with E-state index in [4.69, 9.17) is 0 Å². The van der Waals surface area contributed by atoms with Gasteiger partial charge < -0.3 is 10.2 Å². The standard InChI is InChI=1S/C25H22N6O4/c1-29(2)21-10-9-17(14-22(21)31(34)35)23(32)19-7-3-4-8-20(19)25(33)28-15-18-6-5-11-27-24(18)30-13-12-26-16-30/h3-14,16H,15H2,1-2H3,(H,28,33). The maximum absolute atomic E-state index is 13.3. The summed E-state index contributed by atoms with van der Waals surface area (Å²) in [5, 5.41) is 14.4. The van der Waals surface area contributed by atoms with Crippen molar-refractivity contribution in [2.24, 2.45) is 0 Å². The highest BCUT2D eigenvalue weighted by Gasteiger charge is 2.23. The largest absolute Gasteiger partial charge is 0.372 e. The molecule has 4 aromatic rings. The molecule has 0 atom stereocenters. The van der Waals surface area contributed by atoms with Gasteiger partial charge in [0, 0.05) is 62.0 Å². The topological polar surface area (TPSA) is 123 Å². The molecule has 0 bridgehead atoms. The highest BCUT2D eigenvalue weighted by atomic mass is 16.6. The third kappa shape index (κ3) is 4.91. The van der Waals surface area contributed by atoms with Crippen LogP contribution in [0.1, 0.15) is 31.8 Å². The molecule has 0 unspecified atom stereocenters. The molecule has 0 saturated carbocycles.